The van der Waals surface area contributed by atoms with Crippen LogP contribution in [0.1, 0.15) is 0 Å². The fourth-order valence-corrected chi connectivity index (χ4v) is 1.59. The second kappa shape index (κ2) is 4.66. The average molecular weight is 271 g/mol. The first-order valence-electron chi connectivity index (χ1n) is 4.91. The summed E-state index contributed by atoms with van der Waals surface area (Å²) in [6.07, 6.45) is 0. The highest BCUT2D eigenvalue weighted by Crippen LogP contribution is 2.29. The van der Waals surface area contributed by atoms with Gasteiger partial charge in [-0.05, 0) is 18.2 Å². The summed E-state index contributed by atoms with van der Waals surface area (Å²) in [6, 6.07) is 4.73. The molecule has 0 saturated carbocycles. The Bertz CT molecular complexity index is 581. The van der Waals surface area contributed by atoms with E-state index in [0.717, 1.165) is 12.1 Å². The van der Waals surface area contributed by atoms with Gasteiger partial charge < -0.3 is 16.8 Å². The molecule has 2 rings (SSSR count). The van der Waals surface area contributed by atoms with Crippen LogP contribution in [0.25, 0.3) is 0 Å². The van der Waals surface area contributed by atoms with Gasteiger partial charge in [-0.2, -0.15) is 0 Å². The van der Waals surface area contributed by atoms with Crippen molar-refractivity contribution in [3.63, 3.8) is 0 Å². The van der Waals surface area contributed by atoms with Crippen LogP contribution in [0.2, 0.25) is 5.02 Å². The van der Waals surface area contributed by atoms with Gasteiger partial charge in [0, 0.05) is 6.07 Å². The minimum atomic E-state index is -0.822. The van der Waals surface area contributed by atoms with E-state index in [4.69, 9.17) is 23.1 Å². The van der Waals surface area contributed by atoms with Crippen molar-refractivity contribution in [3.05, 3.63) is 40.9 Å². The molecule has 94 valence electrons. The highest BCUT2D eigenvalue weighted by molar-refractivity contribution is 6.33. The van der Waals surface area contributed by atoms with Crippen LogP contribution in [0.5, 0.6) is 0 Å². The molecule has 1 aromatic carbocycles. The van der Waals surface area contributed by atoms with E-state index >= 15 is 0 Å². The molecule has 18 heavy (non-hydrogen) atoms. The maximum atomic E-state index is 13.5. The number of nitrogens with zero attached hydrogens (tertiary/aromatic N) is 1. The Morgan fingerprint density at radius 3 is 2.50 bits per heavy atom. The summed E-state index contributed by atoms with van der Waals surface area (Å²) in [5.74, 6) is -1.21. The maximum Gasteiger partial charge on any atom is 0.151 e. The molecule has 0 saturated heterocycles. The number of aromatic nitrogens is 1. The standard InChI is InChI=1S/C11H9ClF2N4/c12-6-3-5(13)4-7(14)10(6)17-9-2-1-8(15)11(16)18-9/h1-4H,15H2,(H3,16,17,18). The fourth-order valence-electron chi connectivity index (χ4n) is 1.34. The molecule has 0 spiro atoms. The van der Waals surface area contributed by atoms with Crippen molar-refractivity contribution in [1.29, 1.82) is 0 Å². The third kappa shape index (κ3) is 2.43. The molecule has 5 N–H and O–H groups in total. The van der Waals surface area contributed by atoms with Crippen LogP contribution in [0.15, 0.2) is 24.3 Å². The molecular weight excluding hydrogens is 262 g/mol. The zero-order valence-corrected chi connectivity index (χ0v) is 9.80. The summed E-state index contributed by atoms with van der Waals surface area (Å²) in [7, 11) is 0. The summed E-state index contributed by atoms with van der Waals surface area (Å²) < 4.78 is 26.4. The van der Waals surface area contributed by atoms with Crippen LogP contribution in [-0.4, -0.2) is 4.98 Å². The number of anilines is 4. The number of benzene rings is 1. The summed E-state index contributed by atoms with van der Waals surface area (Å²) >= 11 is 5.73. The van der Waals surface area contributed by atoms with Gasteiger partial charge in [0.15, 0.2) is 5.82 Å². The molecule has 0 aliphatic carbocycles. The number of pyridine rings is 1. The number of hydrogen-bond donors (Lipinski definition) is 3. The van der Waals surface area contributed by atoms with E-state index in [1.165, 1.54) is 12.1 Å². The number of nitrogen functional groups attached to an aromatic ring is 2. The molecule has 0 fully saturated rings. The zero-order chi connectivity index (χ0) is 13.3. The van der Waals surface area contributed by atoms with Gasteiger partial charge >= 0.3 is 0 Å². The Morgan fingerprint density at radius 1 is 1.17 bits per heavy atom. The highest BCUT2D eigenvalue weighted by atomic mass is 35.5. The third-order valence-electron chi connectivity index (χ3n) is 2.22. The molecule has 0 bridgehead atoms. The van der Waals surface area contributed by atoms with E-state index in [1.807, 2.05) is 0 Å². The van der Waals surface area contributed by atoms with Crippen molar-refractivity contribution >= 4 is 34.6 Å². The van der Waals surface area contributed by atoms with E-state index in [0.29, 0.717) is 5.69 Å². The lowest BCUT2D eigenvalue weighted by atomic mass is 10.3. The average Bonchev–Trinajstić information content (AvgIpc) is 2.28. The van der Waals surface area contributed by atoms with Crippen LogP contribution < -0.4 is 16.8 Å². The molecule has 0 amide bonds. The van der Waals surface area contributed by atoms with Crippen molar-refractivity contribution in [1.82, 2.24) is 4.98 Å². The smallest absolute Gasteiger partial charge is 0.151 e. The van der Waals surface area contributed by atoms with Gasteiger partial charge in [0.05, 0.1) is 16.4 Å². The predicted molar refractivity (Wildman–Crippen MR) is 67.7 cm³/mol. The Balaban J connectivity index is 2.37. The lowest BCUT2D eigenvalue weighted by molar-refractivity contribution is 0.586. The predicted octanol–water partition coefficient (Wildman–Crippen LogP) is 2.92. The quantitative estimate of drug-likeness (QED) is 0.784. The number of rotatable bonds is 2. The van der Waals surface area contributed by atoms with E-state index in [9.17, 15) is 8.78 Å². The Labute approximate surface area is 107 Å². The highest BCUT2D eigenvalue weighted by Gasteiger charge is 2.11. The van der Waals surface area contributed by atoms with Crippen molar-refractivity contribution in [2.24, 2.45) is 0 Å². The Hall–Kier alpha value is -2.08. The van der Waals surface area contributed by atoms with Crippen molar-refractivity contribution in [2.75, 3.05) is 16.8 Å². The lowest BCUT2D eigenvalue weighted by Gasteiger charge is -2.10. The van der Waals surface area contributed by atoms with E-state index in [-0.39, 0.29) is 22.3 Å². The first kappa shape index (κ1) is 12.4. The molecule has 0 aliphatic rings. The number of nitrogens with one attached hydrogen (secondary N) is 1. The van der Waals surface area contributed by atoms with Gasteiger partial charge in [0.25, 0.3) is 0 Å². The van der Waals surface area contributed by atoms with Crippen LogP contribution >= 0.6 is 11.6 Å². The summed E-state index contributed by atoms with van der Waals surface area (Å²) in [6.45, 7) is 0. The molecule has 0 aliphatic heterocycles. The molecular formula is C11H9ClF2N4. The molecule has 4 nitrogen and oxygen atoms in total. The zero-order valence-electron chi connectivity index (χ0n) is 9.05. The Morgan fingerprint density at radius 2 is 1.89 bits per heavy atom. The number of hydrogen-bond acceptors (Lipinski definition) is 4. The normalized spacial score (nSPS) is 10.4. The summed E-state index contributed by atoms with van der Waals surface area (Å²) in [5.41, 5.74) is 11.2. The van der Waals surface area contributed by atoms with E-state index in [1.54, 1.807) is 0 Å². The first-order valence-corrected chi connectivity index (χ1v) is 5.28. The molecule has 0 unspecified atom stereocenters. The maximum absolute atomic E-state index is 13.5. The lowest BCUT2D eigenvalue weighted by Crippen LogP contribution is -2.02. The largest absolute Gasteiger partial charge is 0.396 e. The minimum absolute atomic E-state index is 0.0743. The third-order valence-corrected chi connectivity index (χ3v) is 2.52. The van der Waals surface area contributed by atoms with Gasteiger partial charge in [-0.1, -0.05) is 11.6 Å². The van der Waals surface area contributed by atoms with Crippen LogP contribution in [0.4, 0.5) is 31.8 Å². The van der Waals surface area contributed by atoms with Crippen molar-refractivity contribution in [2.45, 2.75) is 0 Å². The van der Waals surface area contributed by atoms with Gasteiger partial charge in [0.1, 0.15) is 17.5 Å². The summed E-state index contributed by atoms with van der Waals surface area (Å²) in [5, 5.41) is 2.52. The Kier molecular flexibility index (Phi) is 3.20. The number of halogens is 3. The summed E-state index contributed by atoms with van der Waals surface area (Å²) in [4.78, 5) is 3.90. The molecule has 7 heteroatoms. The first-order chi connectivity index (χ1) is 8.47. The second-order valence-corrected chi connectivity index (χ2v) is 3.95. The van der Waals surface area contributed by atoms with E-state index < -0.39 is 11.6 Å². The molecule has 1 aromatic heterocycles. The van der Waals surface area contributed by atoms with Gasteiger partial charge in [-0.3, -0.25) is 0 Å². The van der Waals surface area contributed by atoms with Crippen molar-refractivity contribution < 1.29 is 8.78 Å². The molecule has 1 heterocycles. The van der Waals surface area contributed by atoms with Crippen molar-refractivity contribution in [3.8, 4) is 0 Å². The SMILES string of the molecule is Nc1ccc(Nc2c(F)cc(F)cc2Cl)nc1N. The molecule has 0 atom stereocenters. The van der Waals surface area contributed by atoms with Gasteiger partial charge in [-0.15, -0.1) is 0 Å². The molecule has 2 aromatic rings. The van der Waals surface area contributed by atoms with Gasteiger partial charge in [0.2, 0.25) is 0 Å². The number of nitrogens with two attached hydrogens (primary N) is 2. The minimum Gasteiger partial charge on any atom is -0.396 e. The fraction of sp³-hybridized carbons (Fsp3) is 0. The topological polar surface area (TPSA) is 77.0 Å². The monoisotopic (exact) mass is 270 g/mol. The van der Waals surface area contributed by atoms with E-state index in [2.05, 4.69) is 10.3 Å². The van der Waals surface area contributed by atoms with Gasteiger partial charge in [-0.25, -0.2) is 13.8 Å². The van der Waals surface area contributed by atoms with Crippen LogP contribution in [-0.2, 0) is 0 Å². The van der Waals surface area contributed by atoms with Crippen LogP contribution in [0.3, 0.4) is 0 Å². The molecule has 0 radical (unpaired) electrons. The van der Waals surface area contributed by atoms with Crippen LogP contribution in [0, 0.1) is 11.6 Å². The second-order valence-electron chi connectivity index (χ2n) is 3.54.